The minimum atomic E-state index is 0.199. The average Bonchev–Trinajstić information content (AvgIpc) is 2.35. The molecule has 2 fully saturated rings. The molecular formula is C14H29N3O. The van der Waals surface area contributed by atoms with Crippen LogP contribution in [0, 0.1) is 5.41 Å². The van der Waals surface area contributed by atoms with E-state index in [9.17, 15) is 0 Å². The SMILES string of the molecule is CN1CCN(CC2(CN)CCCOC2)CC1(C)C. The predicted octanol–water partition coefficient (Wildman–Crippen LogP) is 0.768. The molecule has 0 radical (unpaired) electrons. The van der Waals surface area contributed by atoms with Gasteiger partial charge in [-0.3, -0.25) is 9.80 Å². The largest absolute Gasteiger partial charge is 0.381 e. The van der Waals surface area contributed by atoms with Gasteiger partial charge in [-0.1, -0.05) is 0 Å². The van der Waals surface area contributed by atoms with E-state index >= 15 is 0 Å². The highest BCUT2D eigenvalue weighted by molar-refractivity contribution is 4.93. The summed E-state index contributed by atoms with van der Waals surface area (Å²) >= 11 is 0. The first-order valence-electron chi connectivity index (χ1n) is 7.19. The van der Waals surface area contributed by atoms with Crippen LogP contribution in [-0.2, 0) is 4.74 Å². The molecule has 0 spiro atoms. The molecule has 2 saturated heterocycles. The zero-order valence-electron chi connectivity index (χ0n) is 12.2. The second kappa shape index (κ2) is 5.45. The van der Waals surface area contributed by atoms with Crippen LogP contribution in [0.25, 0.3) is 0 Å². The van der Waals surface area contributed by atoms with Crippen molar-refractivity contribution in [3.8, 4) is 0 Å². The van der Waals surface area contributed by atoms with E-state index in [1.165, 1.54) is 6.42 Å². The van der Waals surface area contributed by atoms with Gasteiger partial charge in [-0.15, -0.1) is 0 Å². The fraction of sp³-hybridized carbons (Fsp3) is 1.00. The number of piperazine rings is 1. The van der Waals surface area contributed by atoms with Crippen molar-refractivity contribution in [1.29, 1.82) is 0 Å². The topological polar surface area (TPSA) is 41.7 Å². The first-order chi connectivity index (χ1) is 8.47. The van der Waals surface area contributed by atoms with Crippen LogP contribution in [0.1, 0.15) is 26.7 Å². The molecule has 1 atom stereocenters. The molecule has 2 N–H and O–H groups in total. The summed E-state index contributed by atoms with van der Waals surface area (Å²) < 4.78 is 5.67. The van der Waals surface area contributed by atoms with Crippen LogP contribution in [0.15, 0.2) is 0 Å². The number of nitrogens with two attached hydrogens (primary N) is 1. The Balaban J connectivity index is 1.96. The second-order valence-corrected chi connectivity index (χ2v) is 6.80. The molecule has 1 unspecified atom stereocenters. The third-order valence-corrected chi connectivity index (χ3v) is 4.79. The highest BCUT2D eigenvalue weighted by atomic mass is 16.5. The Labute approximate surface area is 111 Å². The number of ether oxygens (including phenoxy) is 1. The van der Waals surface area contributed by atoms with Crippen molar-refractivity contribution in [2.24, 2.45) is 11.1 Å². The molecule has 106 valence electrons. The number of rotatable bonds is 3. The van der Waals surface area contributed by atoms with E-state index in [1.807, 2.05) is 0 Å². The number of nitrogens with zero attached hydrogens (tertiary/aromatic N) is 2. The van der Waals surface area contributed by atoms with E-state index in [2.05, 4.69) is 30.7 Å². The van der Waals surface area contributed by atoms with Gasteiger partial charge in [-0.05, 0) is 33.7 Å². The van der Waals surface area contributed by atoms with E-state index in [0.29, 0.717) is 0 Å². The zero-order chi connectivity index (χ0) is 13.2. The molecule has 0 saturated carbocycles. The fourth-order valence-electron chi connectivity index (χ4n) is 3.21. The van der Waals surface area contributed by atoms with Crippen LogP contribution in [0.2, 0.25) is 0 Å². The van der Waals surface area contributed by atoms with Gasteiger partial charge in [0.1, 0.15) is 0 Å². The van der Waals surface area contributed by atoms with Crippen LogP contribution >= 0.6 is 0 Å². The summed E-state index contributed by atoms with van der Waals surface area (Å²) in [6, 6.07) is 0. The van der Waals surface area contributed by atoms with E-state index < -0.39 is 0 Å². The van der Waals surface area contributed by atoms with Crippen molar-refractivity contribution in [1.82, 2.24) is 9.80 Å². The van der Waals surface area contributed by atoms with Gasteiger partial charge in [0.2, 0.25) is 0 Å². The highest BCUT2D eigenvalue weighted by Crippen LogP contribution is 2.30. The molecule has 4 heteroatoms. The summed E-state index contributed by atoms with van der Waals surface area (Å²) in [6.45, 7) is 11.7. The third kappa shape index (κ3) is 3.05. The van der Waals surface area contributed by atoms with Gasteiger partial charge in [0, 0.05) is 50.3 Å². The number of likely N-dealkylation sites (N-methyl/N-ethyl adjacent to an activating group) is 1. The van der Waals surface area contributed by atoms with E-state index in [0.717, 1.165) is 52.4 Å². The summed E-state index contributed by atoms with van der Waals surface area (Å²) in [6.07, 6.45) is 2.38. The molecule has 0 amide bonds. The van der Waals surface area contributed by atoms with Crippen molar-refractivity contribution in [3.05, 3.63) is 0 Å². The van der Waals surface area contributed by atoms with Gasteiger partial charge >= 0.3 is 0 Å². The van der Waals surface area contributed by atoms with Gasteiger partial charge in [0.05, 0.1) is 6.61 Å². The summed E-state index contributed by atoms with van der Waals surface area (Å²) in [5.41, 5.74) is 6.50. The highest BCUT2D eigenvalue weighted by Gasteiger charge is 2.37. The fourth-order valence-corrected chi connectivity index (χ4v) is 3.21. The molecular weight excluding hydrogens is 226 g/mol. The Morgan fingerprint density at radius 3 is 2.61 bits per heavy atom. The Morgan fingerprint density at radius 1 is 1.28 bits per heavy atom. The first-order valence-corrected chi connectivity index (χ1v) is 7.19. The zero-order valence-corrected chi connectivity index (χ0v) is 12.2. The van der Waals surface area contributed by atoms with Crippen molar-refractivity contribution >= 4 is 0 Å². The maximum atomic E-state index is 6.03. The minimum Gasteiger partial charge on any atom is -0.381 e. The molecule has 0 bridgehead atoms. The smallest absolute Gasteiger partial charge is 0.0546 e. The predicted molar refractivity (Wildman–Crippen MR) is 74.7 cm³/mol. The van der Waals surface area contributed by atoms with Crippen molar-refractivity contribution in [3.63, 3.8) is 0 Å². The van der Waals surface area contributed by atoms with Crippen LogP contribution in [0.3, 0.4) is 0 Å². The van der Waals surface area contributed by atoms with E-state index in [-0.39, 0.29) is 11.0 Å². The summed E-state index contributed by atoms with van der Waals surface area (Å²) in [5.74, 6) is 0. The lowest BCUT2D eigenvalue weighted by molar-refractivity contribution is -0.0431. The number of hydrogen-bond acceptors (Lipinski definition) is 4. The lowest BCUT2D eigenvalue weighted by Gasteiger charge is -2.48. The molecule has 0 aromatic heterocycles. The summed E-state index contributed by atoms with van der Waals surface area (Å²) in [7, 11) is 2.22. The Morgan fingerprint density at radius 2 is 2.06 bits per heavy atom. The van der Waals surface area contributed by atoms with Crippen LogP contribution in [0.4, 0.5) is 0 Å². The van der Waals surface area contributed by atoms with Gasteiger partial charge in [-0.2, -0.15) is 0 Å². The number of hydrogen-bond donors (Lipinski definition) is 1. The monoisotopic (exact) mass is 255 g/mol. The maximum absolute atomic E-state index is 6.03. The van der Waals surface area contributed by atoms with Gasteiger partial charge < -0.3 is 10.5 Å². The standard InChI is InChI=1S/C14H29N3O/c1-13(2)10-17(7-6-16(13)3)11-14(9-15)5-4-8-18-12-14/h4-12,15H2,1-3H3. The molecule has 2 aliphatic rings. The maximum Gasteiger partial charge on any atom is 0.0546 e. The van der Waals surface area contributed by atoms with Gasteiger partial charge in [0.25, 0.3) is 0 Å². The minimum absolute atomic E-state index is 0.199. The quantitative estimate of drug-likeness (QED) is 0.809. The Kier molecular flexibility index (Phi) is 4.32. The lowest BCUT2D eigenvalue weighted by atomic mass is 9.81. The van der Waals surface area contributed by atoms with E-state index in [4.69, 9.17) is 10.5 Å². The van der Waals surface area contributed by atoms with Gasteiger partial charge in [-0.25, -0.2) is 0 Å². The molecule has 2 heterocycles. The second-order valence-electron chi connectivity index (χ2n) is 6.80. The third-order valence-electron chi connectivity index (χ3n) is 4.79. The van der Waals surface area contributed by atoms with Crippen LogP contribution in [0.5, 0.6) is 0 Å². The van der Waals surface area contributed by atoms with Gasteiger partial charge in [0.15, 0.2) is 0 Å². The van der Waals surface area contributed by atoms with Crippen molar-refractivity contribution < 1.29 is 4.74 Å². The lowest BCUT2D eigenvalue weighted by Crippen LogP contribution is -2.60. The molecule has 18 heavy (non-hydrogen) atoms. The molecule has 0 aliphatic carbocycles. The molecule has 0 aromatic carbocycles. The summed E-state index contributed by atoms with van der Waals surface area (Å²) in [5, 5.41) is 0. The van der Waals surface area contributed by atoms with Crippen molar-refractivity contribution in [2.45, 2.75) is 32.2 Å². The summed E-state index contributed by atoms with van der Waals surface area (Å²) in [4.78, 5) is 5.04. The van der Waals surface area contributed by atoms with Crippen LogP contribution < -0.4 is 5.73 Å². The Bertz CT molecular complexity index is 274. The first kappa shape index (κ1) is 14.3. The Hall–Kier alpha value is -0.160. The molecule has 0 aromatic rings. The van der Waals surface area contributed by atoms with Crippen LogP contribution in [-0.4, -0.2) is 68.3 Å². The molecule has 2 rings (SSSR count). The van der Waals surface area contributed by atoms with Crippen molar-refractivity contribution in [2.75, 3.05) is 53.0 Å². The normalized spacial score (nSPS) is 34.7. The molecule has 4 nitrogen and oxygen atoms in total. The van der Waals surface area contributed by atoms with E-state index in [1.54, 1.807) is 0 Å². The average molecular weight is 255 g/mol. The molecule has 2 aliphatic heterocycles.